The summed E-state index contributed by atoms with van der Waals surface area (Å²) in [5.74, 6) is -0.126. The fourth-order valence-electron chi connectivity index (χ4n) is 0.804. The second-order valence-electron chi connectivity index (χ2n) is 2.62. The van der Waals surface area contributed by atoms with E-state index in [-0.39, 0.29) is 5.97 Å². The van der Waals surface area contributed by atoms with E-state index >= 15 is 0 Å². The normalized spacial score (nSPS) is 20.9. The summed E-state index contributed by atoms with van der Waals surface area (Å²) < 4.78 is 4.78. The standard InChI is InChI=1S/C8H13NO2/c1-2-5-11-8(10)4-3-7-6-9-7/h2,7,9H,1,3-6H2. The lowest BCUT2D eigenvalue weighted by atomic mass is 10.2. The third kappa shape index (κ3) is 3.78. The molecule has 11 heavy (non-hydrogen) atoms. The highest BCUT2D eigenvalue weighted by Crippen LogP contribution is 2.06. The molecule has 62 valence electrons. The van der Waals surface area contributed by atoms with Crippen LogP contribution < -0.4 is 5.32 Å². The van der Waals surface area contributed by atoms with Crippen LogP contribution in [0.5, 0.6) is 0 Å². The zero-order valence-electron chi connectivity index (χ0n) is 6.51. The fourth-order valence-corrected chi connectivity index (χ4v) is 0.804. The number of hydrogen-bond donors (Lipinski definition) is 1. The van der Waals surface area contributed by atoms with Crippen LogP contribution in [0, 0.1) is 0 Å². The van der Waals surface area contributed by atoms with Gasteiger partial charge in [-0.05, 0) is 6.42 Å². The highest BCUT2D eigenvalue weighted by atomic mass is 16.5. The quantitative estimate of drug-likeness (QED) is 0.356. The minimum Gasteiger partial charge on any atom is -0.461 e. The van der Waals surface area contributed by atoms with Gasteiger partial charge in [0.25, 0.3) is 0 Å². The molecule has 1 atom stereocenters. The van der Waals surface area contributed by atoms with Crippen molar-refractivity contribution in [1.82, 2.24) is 5.32 Å². The molecule has 0 aliphatic carbocycles. The van der Waals surface area contributed by atoms with Crippen molar-refractivity contribution in [3.05, 3.63) is 12.7 Å². The SMILES string of the molecule is C=CCOC(=O)CCC1CN1. The molecule has 0 bridgehead atoms. The van der Waals surface area contributed by atoms with Crippen LogP contribution in [-0.2, 0) is 9.53 Å². The molecule has 1 aliphatic heterocycles. The number of rotatable bonds is 5. The Morgan fingerprint density at radius 1 is 1.82 bits per heavy atom. The first-order chi connectivity index (χ1) is 5.33. The van der Waals surface area contributed by atoms with Gasteiger partial charge in [-0.3, -0.25) is 4.79 Å². The van der Waals surface area contributed by atoms with Crippen LogP contribution in [0.2, 0.25) is 0 Å². The van der Waals surface area contributed by atoms with E-state index in [2.05, 4.69) is 11.9 Å². The van der Waals surface area contributed by atoms with E-state index in [0.29, 0.717) is 19.1 Å². The van der Waals surface area contributed by atoms with Gasteiger partial charge in [-0.2, -0.15) is 0 Å². The lowest BCUT2D eigenvalue weighted by Crippen LogP contribution is -2.06. The minimum absolute atomic E-state index is 0.126. The van der Waals surface area contributed by atoms with Gasteiger partial charge in [0.15, 0.2) is 0 Å². The minimum atomic E-state index is -0.126. The molecule has 1 N–H and O–H groups in total. The molecule has 1 saturated heterocycles. The van der Waals surface area contributed by atoms with Gasteiger partial charge in [-0.15, -0.1) is 0 Å². The fraction of sp³-hybridized carbons (Fsp3) is 0.625. The van der Waals surface area contributed by atoms with E-state index in [1.54, 1.807) is 6.08 Å². The van der Waals surface area contributed by atoms with Crippen molar-refractivity contribution in [1.29, 1.82) is 0 Å². The van der Waals surface area contributed by atoms with Crippen molar-refractivity contribution in [2.75, 3.05) is 13.2 Å². The predicted octanol–water partition coefficient (Wildman–Crippen LogP) is 0.468. The average Bonchev–Trinajstić information content (AvgIpc) is 2.80. The van der Waals surface area contributed by atoms with Crippen molar-refractivity contribution in [3.63, 3.8) is 0 Å². The second kappa shape index (κ2) is 4.13. The molecule has 1 fully saturated rings. The van der Waals surface area contributed by atoms with E-state index in [1.165, 1.54) is 0 Å². The third-order valence-corrected chi connectivity index (χ3v) is 1.55. The van der Waals surface area contributed by atoms with Crippen LogP contribution >= 0.6 is 0 Å². The largest absolute Gasteiger partial charge is 0.461 e. The Kier molecular flexibility index (Phi) is 3.11. The van der Waals surface area contributed by atoms with Gasteiger partial charge in [0.2, 0.25) is 0 Å². The average molecular weight is 155 g/mol. The van der Waals surface area contributed by atoms with Gasteiger partial charge >= 0.3 is 5.97 Å². The zero-order valence-corrected chi connectivity index (χ0v) is 6.51. The molecule has 0 amide bonds. The maximum atomic E-state index is 10.8. The van der Waals surface area contributed by atoms with Crippen LogP contribution in [0.15, 0.2) is 12.7 Å². The molecule has 0 aromatic heterocycles. The molecular formula is C8H13NO2. The number of ether oxygens (including phenoxy) is 1. The molecular weight excluding hydrogens is 142 g/mol. The highest BCUT2D eigenvalue weighted by molar-refractivity contribution is 5.69. The maximum Gasteiger partial charge on any atom is 0.306 e. The summed E-state index contributed by atoms with van der Waals surface area (Å²) in [5.41, 5.74) is 0. The molecule has 3 nitrogen and oxygen atoms in total. The van der Waals surface area contributed by atoms with Crippen molar-refractivity contribution in [2.24, 2.45) is 0 Å². The molecule has 1 rings (SSSR count). The molecule has 1 heterocycles. The maximum absolute atomic E-state index is 10.8. The smallest absolute Gasteiger partial charge is 0.306 e. The summed E-state index contributed by atoms with van der Waals surface area (Å²) in [6.45, 7) is 4.83. The second-order valence-corrected chi connectivity index (χ2v) is 2.62. The van der Waals surface area contributed by atoms with Crippen LogP contribution in [0.1, 0.15) is 12.8 Å². The number of carbonyl (C=O) groups excluding carboxylic acids is 1. The Labute approximate surface area is 66.4 Å². The number of nitrogens with one attached hydrogen (secondary N) is 1. The Bertz CT molecular complexity index is 152. The lowest BCUT2D eigenvalue weighted by Gasteiger charge is -1.99. The van der Waals surface area contributed by atoms with Gasteiger partial charge in [-0.25, -0.2) is 0 Å². The monoisotopic (exact) mass is 155 g/mol. The van der Waals surface area contributed by atoms with Gasteiger partial charge < -0.3 is 10.1 Å². The Balaban J connectivity index is 1.95. The van der Waals surface area contributed by atoms with Gasteiger partial charge in [0.05, 0.1) is 0 Å². The molecule has 0 aromatic rings. The summed E-state index contributed by atoms with van der Waals surface area (Å²) in [7, 11) is 0. The van der Waals surface area contributed by atoms with Crippen LogP contribution in [0.25, 0.3) is 0 Å². The van der Waals surface area contributed by atoms with Crippen molar-refractivity contribution >= 4 is 5.97 Å². The van der Waals surface area contributed by atoms with E-state index in [4.69, 9.17) is 4.74 Å². The molecule has 1 aliphatic rings. The van der Waals surface area contributed by atoms with E-state index < -0.39 is 0 Å². The van der Waals surface area contributed by atoms with Crippen LogP contribution in [-0.4, -0.2) is 25.2 Å². The van der Waals surface area contributed by atoms with Crippen LogP contribution in [0.4, 0.5) is 0 Å². The third-order valence-electron chi connectivity index (χ3n) is 1.55. The first kappa shape index (κ1) is 8.27. The Morgan fingerprint density at radius 3 is 3.09 bits per heavy atom. The summed E-state index contributed by atoms with van der Waals surface area (Å²) in [5, 5.41) is 3.12. The molecule has 0 aromatic carbocycles. The molecule has 0 radical (unpaired) electrons. The van der Waals surface area contributed by atoms with Crippen LogP contribution in [0.3, 0.4) is 0 Å². The predicted molar refractivity (Wildman–Crippen MR) is 42.2 cm³/mol. The van der Waals surface area contributed by atoms with Crippen molar-refractivity contribution < 1.29 is 9.53 Å². The van der Waals surface area contributed by atoms with E-state index in [0.717, 1.165) is 13.0 Å². The molecule has 3 heteroatoms. The van der Waals surface area contributed by atoms with E-state index in [9.17, 15) is 4.79 Å². The van der Waals surface area contributed by atoms with Crippen molar-refractivity contribution in [3.8, 4) is 0 Å². The summed E-state index contributed by atoms with van der Waals surface area (Å²) >= 11 is 0. The Hall–Kier alpha value is -0.830. The topological polar surface area (TPSA) is 48.2 Å². The summed E-state index contributed by atoms with van der Waals surface area (Å²) in [6, 6.07) is 0.561. The summed E-state index contributed by atoms with van der Waals surface area (Å²) in [4.78, 5) is 10.8. The Morgan fingerprint density at radius 2 is 2.55 bits per heavy atom. The number of esters is 1. The van der Waals surface area contributed by atoms with Gasteiger partial charge in [0.1, 0.15) is 6.61 Å². The first-order valence-electron chi connectivity index (χ1n) is 3.83. The summed E-state index contributed by atoms with van der Waals surface area (Å²) in [6.07, 6.45) is 2.99. The highest BCUT2D eigenvalue weighted by Gasteiger charge is 2.20. The molecule has 1 unspecified atom stereocenters. The van der Waals surface area contributed by atoms with Crippen molar-refractivity contribution in [2.45, 2.75) is 18.9 Å². The number of hydrogen-bond acceptors (Lipinski definition) is 3. The molecule has 0 spiro atoms. The first-order valence-corrected chi connectivity index (χ1v) is 3.83. The number of carbonyl (C=O) groups is 1. The van der Waals surface area contributed by atoms with Gasteiger partial charge in [0, 0.05) is 19.0 Å². The lowest BCUT2D eigenvalue weighted by molar-refractivity contribution is -0.142. The van der Waals surface area contributed by atoms with E-state index in [1.807, 2.05) is 0 Å². The molecule has 0 saturated carbocycles. The van der Waals surface area contributed by atoms with Gasteiger partial charge in [-0.1, -0.05) is 12.7 Å². The zero-order chi connectivity index (χ0) is 8.10.